The molecule has 0 radical (unpaired) electrons. The van der Waals surface area contributed by atoms with Gasteiger partial charge >= 0.3 is 5.63 Å². The van der Waals surface area contributed by atoms with Gasteiger partial charge in [0.1, 0.15) is 5.76 Å². The van der Waals surface area contributed by atoms with Crippen LogP contribution in [-0.4, -0.2) is 0 Å². The quantitative estimate of drug-likeness (QED) is 0.693. The van der Waals surface area contributed by atoms with Gasteiger partial charge < -0.3 is 9.73 Å². The Morgan fingerprint density at radius 1 is 1.00 bits per heavy atom. The minimum atomic E-state index is -0.276. The van der Waals surface area contributed by atoms with Crippen LogP contribution in [-0.2, 0) is 0 Å². The average Bonchev–Trinajstić information content (AvgIpc) is 2.72. The van der Waals surface area contributed by atoms with E-state index in [0.29, 0.717) is 11.3 Å². The van der Waals surface area contributed by atoms with Crippen molar-refractivity contribution in [3.8, 4) is 0 Å². The molecule has 0 spiro atoms. The van der Waals surface area contributed by atoms with Gasteiger partial charge in [-0.1, -0.05) is 42.5 Å². The third-order valence-corrected chi connectivity index (χ3v) is 5.23. The molecule has 2 heterocycles. The molecule has 0 amide bonds. The number of hydrogen-bond donors (Lipinski definition) is 1. The van der Waals surface area contributed by atoms with Gasteiger partial charge in [-0.25, -0.2) is 4.79 Å². The van der Waals surface area contributed by atoms with E-state index in [-0.39, 0.29) is 10.9 Å². The molecule has 1 aromatic heterocycles. The second-order valence-electron chi connectivity index (χ2n) is 5.50. The normalized spacial score (nSPS) is 16.0. The summed E-state index contributed by atoms with van der Waals surface area (Å²) in [5, 5.41) is 3.31. The lowest BCUT2D eigenvalue weighted by Crippen LogP contribution is -2.14. The summed E-state index contributed by atoms with van der Waals surface area (Å²) in [5.41, 5.74) is 3.32. The van der Waals surface area contributed by atoms with E-state index in [9.17, 15) is 4.79 Å². The molecule has 1 aliphatic heterocycles. The van der Waals surface area contributed by atoms with E-state index in [4.69, 9.17) is 4.42 Å². The first kappa shape index (κ1) is 14.2. The van der Waals surface area contributed by atoms with Crippen molar-refractivity contribution in [3.05, 3.63) is 88.0 Å². The van der Waals surface area contributed by atoms with E-state index < -0.39 is 0 Å². The molecule has 0 bridgehead atoms. The van der Waals surface area contributed by atoms with E-state index in [1.165, 1.54) is 0 Å². The minimum Gasteiger partial charge on any atom is -0.428 e. The van der Waals surface area contributed by atoms with Crippen molar-refractivity contribution in [2.24, 2.45) is 0 Å². The Labute approximate surface area is 138 Å². The summed E-state index contributed by atoms with van der Waals surface area (Å²) in [7, 11) is 0. The molecule has 1 N–H and O–H groups in total. The maximum Gasteiger partial charge on any atom is 0.342 e. The third kappa shape index (κ3) is 2.55. The van der Waals surface area contributed by atoms with Crippen LogP contribution < -0.4 is 10.9 Å². The van der Waals surface area contributed by atoms with Gasteiger partial charge in [0.2, 0.25) is 0 Å². The molecular weight excluding hydrogens is 306 g/mol. The van der Waals surface area contributed by atoms with Crippen LogP contribution in [0.2, 0.25) is 0 Å². The highest BCUT2D eigenvalue weighted by molar-refractivity contribution is 8.00. The predicted molar refractivity (Wildman–Crippen MR) is 93.6 cm³/mol. The van der Waals surface area contributed by atoms with Gasteiger partial charge in [-0.2, -0.15) is 0 Å². The second-order valence-corrected chi connectivity index (χ2v) is 6.65. The molecule has 4 heteroatoms. The van der Waals surface area contributed by atoms with Crippen LogP contribution in [0.1, 0.15) is 22.1 Å². The van der Waals surface area contributed by atoms with Crippen LogP contribution in [0, 0.1) is 6.92 Å². The minimum absolute atomic E-state index is 0.0980. The molecule has 0 aliphatic carbocycles. The predicted octanol–water partition coefficient (Wildman–Crippen LogP) is 4.89. The standard InChI is InChI=1S/C19H15NO2S/c1-12-11-15-17(19(21)22-12)18(13-7-3-2-4-8-13)23-16-10-6-5-9-14(16)20-15/h2-11,18,20H,1H3/t18-/m0/s1. The van der Waals surface area contributed by atoms with Crippen molar-refractivity contribution >= 4 is 23.1 Å². The van der Waals surface area contributed by atoms with Gasteiger partial charge in [0.25, 0.3) is 0 Å². The van der Waals surface area contributed by atoms with Gasteiger partial charge in [0.15, 0.2) is 0 Å². The fraction of sp³-hybridized carbons (Fsp3) is 0.105. The monoisotopic (exact) mass is 321 g/mol. The highest BCUT2D eigenvalue weighted by Crippen LogP contribution is 2.47. The van der Waals surface area contributed by atoms with Crippen LogP contribution in [0.25, 0.3) is 0 Å². The van der Waals surface area contributed by atoms with Gasteiger partial charge in [-0.3, -0.25) is 0 Å². The molecule has 0 saturated heterocycles. The van der Waals surface area contributed by atoms with Gasteiger partial charge in [-0.05, 0) is 24.6 Å². The molecule has 0 unspecified atom stereocenters. The zero-order chi connectivity index (χ0) is 15.8. The summed E-state index contributed by atoms with van der Waals surface area (Å²) >= 11 is 1.67. The lowest BCUT2D eigenvalue weighted by molar-refractivity contribution is 0.474. The number of thioether (sulfide) groups is 1. The number of aryl methyl sites for hydroxylation is 1. The van der Waals surface area contributed by atoms with Crippen LogP contribution in [0.3, 0.4) is 0 Å². The molecule has 114 valence electrons. The van der Waals surface area contributed by atoms with Crippen molar-refractivity contribution in [2.45, 2.75) is 17.1 Å². The number of anilines is 2. The highest BCUT2D eigenvalue weighted by Gasteiger charge is 2.27. The molecule has 23 heavy (non-hydrogen) atoms. The van der Waals surface area contributed by atoms with E-state index in [1.807, 2.05) is 42.5 Å². The van der Waals surface area contributed by atoms with Gasteiger partial charge in [0, 0.05) is 11.0 Å². The molecule has 0 fully saturated rings. The zero-order valence-electron chi connectivity index (χ0n) is 12.6. The Kier molecular flexibility index (Phi) is 3.46. The van der Waals surface area contributed by atoms with Crippen LogP contribution in [0.15, 0.2) is 74.8 Å². The molecule has 4 rings (SSSR count). The number of benzene rings is 2. The Balaban J connectivity index is 1.98. The topological polar surface area (TPSA) is 42.2 Å². The summed E-state index contributed by atoms with van der Waals surface area (Å²) in [6.45, 7) is 1.80. The second kappa shape index (κ2) is 5.63. The largest absolute Gasteiger partial charge is 0.428 e. The first-order valence-corrected chi connectivity index (χ1v) is 8.32. The van der Waals surface area contributed by atoms with Crippen molar-refractivity contribution in [2.75, 3.05) is 5.32 Å². The highest BCUT2D eigenvalue weighted by atomic mass is 32.2. The number of rotatable bonds is 1. The molecule has 3 aromatic rings. The lowest BCUT2D eigenvalue weighted by atomic mass is 10.0. The van der Waals surface area contributed by atoms with E-state index in [2.05, 4.69) is 23.5 Å². The van der Waals surface area contributed by atoms with Gasteiger partial charge in [0.05, 0.1) is 22.2 Å². The lowest BCUT2D eigenvalue weighted by Gasteiger charge is -2.16. The maximum absolute atomic E-state index is 12.6. The zero-order valence-corrected chi connectivity index (χ0v) is 13.4. The third-order valence-electron chi connectivity index (χ3n) is 3.88. The van der Waals surface area contributed by atoms with Crippen LogP contribution >= 0.6 is 11.8 Å². The average molecular weight is 321 g/mol. The Hall–Kier alpha value is -2.46. The summed E-state index contributed by atoms with van der Waals surface area (Å²) in [6.07, 6.45) is 0. The van der Waals surface area contributed by atoms with Crippen molar-refractivity contribution in [1.82, 2.24) is 0 Å². The Bertz CT molecular complexity index is 918. The summed E-state index contributed by atoms with van der Waals surface area (Å²) < 4.78 is 5.37. The fourth-order valence-corrected chi connectivity index (χ4v) is 4.13. The fourth-order valence-electron chi connectivity index (χ4n) is 2.84. The Morgan fingerprint density at radius 3 is 2.57 bits per heavy atom. The van der Waals surface area contributed by atoms with Crippen molar-refractivity contribution < 1.29 is 4.42 Å². The number of fused-ring (bicyclic) bond motifs is 2. The van der Waals surface area contributed by atoms with E-state index in [0.717, 1.165) is 21.8 Å². The van der Waals surface area contributed by atoms with E-state index >= 15 is 0 Å². The Morgan fingerprint density at radius 2 is 1.74 bits per heavy atom. The number of hydrogen-bond acceptors (Lipinski definition) is 4. The maximum atomic E-state index is 12.6. The molecule has 3 nitrogen and oxygen atoms in total. The van der Waals surface area contributed by atoms with Gasteiger partial charge in [-0.15, -0.1) is 11.8 Å². The number of para-hydroxylation sites is 1. The van der Waals surface area contributed by atoms with E-state index in [1.54, 1.807) is 18.7 Å². The molecular formula is C19H15NO2S. The SMILES string of the molecule is Cc1cc2c(c(=O)o1)[C@H](c1ccccc1)Sc1ccccc1N2. The van der Waals surface area contributed by atoms with Crippen molar-refractivity contribution in [1.29, 1.82) is 0 Å². The summed E-state index contributed by atoms with van der Waals surface area (Å²) in [5.74, 6) is 0.609. The summed E-state index contributed by atoms with van der Waals surface area (Å²) in [6, 6.07) is 20.1. The molecule has 0 saturated carbocycles. The first-order chi connectivity index (χ1) is 11.2. The number of nitrogens with one attached hydrogen (secondary N) is 1. The van der Waals surface area contributed by atoms with Crippen molar-refractivity contribution in [3.63, 3.8) is 0 Å². The summed E-state index contributed by atoms with van der Waals surface area (Å²) in [4.78, 5) is 13.7. The van der Waals surface area contributed by atoms with Crippen LogP contribution in [0.4, 0.5) is 11.4 Å². The molecule has 1 aliphatic rings. The first-order valence-electron chi connectivity index (χ1n) is 7.44. The van der Waals surface area contributed by atoms with Crippen LogP contribution in [0.5, 0.6) is 0 Å². The molecule has 2 aromatic carbocycles. The smallest absolute Gasteiger partial charge is 0.342 e. The molecule has 1 atom stereocenters.